The molecule has 0 saturated heterocycles. The summed E-state index contributed by atoms with van der Waals surface area (Å²) >= 11 is 0. The standard InChI is InChI=1S/C26H24O2/c1-14-9-8-11-20-13-19-10-6-7-12-21(19)25(22(14)20)24-17(4)15(2)16(3)23(18(5)27)26(24)28/h6-13,28H,1-5H3. The number of benzene rings is 4. The van der Waals surface area contributed by atoms with Gasteiger partial charge in [-0.1, -0.05) is 42.5 Å². The van der Waals surface area contributed by atoms with Crippen LogP contribution >= 0.6 is 0 Å². The number of ketones is 1. The maximum absolute atomic E-state index is 12.4. The predicted octanol–water partition coefficient (Wildman–Crippen LogP) is 6.80. The number of carbonyl (C=O) groups is 1. The number of carbonyl (C=O) groups excluding carboxylic acids is 1. The second-order valence-corrected chi connectivity index (χ2v) is 7.68. The Morgan fingerprint density at radius 3 is 2.18 bits per heavy atom. The monoisotopic (exact) mass is 368 g/mol. The number of rotatable bonds is 2. The van der Waals surface area contributed by atoms with Gasteiger partial charge >= 0.3 is 0 Å². The molecule has 0 amide bonds. The minimum atomic E-state index is -0.111. The summed E-state index contributed by atoms with van der Waals surface area (Å²) in [7, 11) is 0. The van der Waals surface area contributed by atoms with Crippen molar-refractivity contribution in [3.63, 3.8) is 0 Å². The second-order valence-electron chi connectivity index (χ2n) is 7.68. The maximum atomic E-state index is 12.4. The van der Waals surface area contributed by atoms with Crippen LogP contribution in [0, 0.1) is 27.7 Å². The van der Waals surface area contributed by atoms with E-state index in [0.29, 0.717) is 5.56 Å². The molecule has 0 bridgehead atoms. The summed E-state index contributed by atoms with van der Waals surface area (Å²) < 4.78 is 0. The summed E-state index contributed by atoms with van der Waals surface area (Å²) in [6.07, 6.45) is 0. The van der Waals surface area contributed by atoms with Gasteiger partial charge in [-0.25, -0.2) is 0 Å². The molecule has 0 spiro atoms. The molecule has 140 valence electrons. The molecule has 4 aromatic rings. The van der Waals surface area contributed by atoms with Crippen molar-refractivity contribution in [3.8, 4) is 16.9 Å². The number of aryl methyl sites for hydroxylation is 1. The molecule has 0 heterocycles. The van der Waals surface area contributed by atoms with E-state index in [0.717, 1.165) is 54.9 Å². The van der Waals surface area contributed by atoms with E-state index in [1.54, 1.807) is 0 Å². The van der Waals surface area contributed by atoms with E-state index in [1.165, 1.54) is 6.92 Å². The lowest BCUT2D eigenvalue weighted by Crippen LogP contribution is -2.04. The van der Waals surface area contributed by atoms with Gasteiger partial charge in [-0.15, -0.1) is 0 Å². The second kappa shape index (κ2) is 6.49. The van der Waals surface area contributed by atoms with E-state index in [4.69, 9.17) is 0 Å². The van der Waals surface area contributed by atoms with E-state index in [2.05, 4.69) is 43.3 Å². The molecule has 0 aliphatic carbocycles. The Hall–Kier alpha value is -3.13. The third kappa shape index (κ3) is 2.52. The number of phenolic OH excluding ortho intramolecular Hbond substituents is 1. The van der Waals surface area contributed by atoms with Crippen LogP contribution in [0.2, 0.25) is 0 Å². The van der Waals surface area contributed by atoms with Crippen molar-refractivity contribution in [3.05, 3.63) is 76.3 Å². The number of hydrogen-bond acceptors (Lipinski definition) is 2. The first-order chi connectivity index (χ1) is 13.3. The van der Waals surface area contributed by atoms with Crippen LogP contribution in [0.5, 0.6) is 5.75 Å². The Balaban J connectivity index is 2.32. The molecular formula is C26H24O2. The largest absolute Gasteiger partial charge is 0.507 e. The van der Waals surface area contributed by atoms with Crippen LogP contribution in [0.1, 0.15) is 39.5 Å². The van der Waals surface area contributed by atoms with Crippen LogP contribution in [0.15, 0.2) is 48.5 Å². The zero-order valence-electron chi connectivity index (χ0n) is 17.0. The van der Waals surface area contributed by atoms with Crippen molar-refractivity contribution in [1.82, 2.24) is 0 Å². The zero-order valence-corrected chi connectivity index (χ0v) is 17.0. The Kier molecular flexibility index (Phi) is 4.23. The summed E-state index contributed by atoms with van der Waals surface area (Å²) in [6.45, 7) is 9.59. The van der Waals surface area contributed by atoms with Crippen LogP contribution in [0.3, 0.4) is 0 Å². The van der Waals surface area contributed by atoms with Crippen molar-refractivity contribution < 1.29 is 9.90 Å². The lowest BCUT2D eigenvalue weighted by atomic mass is 9.83. The molecule has 2 nitrogen and oxygen atoms in total. The van der Waals surface area contributed by atoms with Gasteiger partial charge in [-0.05, 0) is 84.5 Å². The Morgan fingerprint density at radius 2 is 1.46 bits per heavy atom. The van der Waals surface area contributed by atoms with Crippen molar-refractivity contribution in [2.45, 2.75) is 34.6 Å². The van der Waals surface area contributed by atoms with Gasteiger partial charge < -0.3 is 5.11 Å². The Bertz CT molecular complexity index is 1280. The topological polar surface area (TPSA) is 37.3 Å². The van der Waals surface area contributed by atoms with Crippen molar-refractivity contribution >= 4 is 27.3 Å². The van der Waals surface area contributed by atoms with Crippen LogP contribution in [0.25, 0.3) is 32.7 Å². The molecule has 0 unspecified atom stereocenters. The number of hydrogen-bond donors (Lipinski definition) is 1. The highest BCUT2D eigenvalue weighted by Crippen LogP contribution is 2.46. The normalized spacial score (nSPS) is 11.3. The molecule has 0 radical (unpaired) electrons. The molecule has 0 atom stereocenters. The first-order valence-electron chi connectivity index (χ1n) is 9.58. The van der Waals surface area contributed by atoms with Crippen LogP contribution in [0.4, 0.5) is 0 Å². The highest BCUT2D eigenvalue weighted by atomic mass is 16.3. The fourth-order valence-corrected chi connectivity index (χ4v) is 4.44. The van der Waals surface area contributed by atoms with E-state index in [1.807, 2.05) is 32.9 Å². The lowest BCUT2D eigenvalue weighted by Gasteiger charge is -2.21. The highest BCUT2D eigenvalue weighted by Gasteiger charge is 2.24. The summed E-state index contributed by atoms with van der Waals surface area (Å²) in [5.41, 5.74) is 6.27. The Morgan fingerprint density at radius 1 is 0.786 bits per heavy atom. The van der Waals surface area contributed by atoms with Crippen molar-refractivity contribution in [2.75, 3.05) is 0 Å². The Labute approximate surface area is 165 Å². The minimum Gasteiger partial charge on any atom is -0.507 e. The number of aromatic hydroxyl groups is 1. The lowest BCUT2D eigenvalue weighted by molar-refractivity contribution is 0.101. The van der Waals surface area contributed by atoms with Crippen LogP contribution in [-0.2, 0) is 0 Å². The minimum absolute atomic E-state index is 0.0917. The van der Waals surface area contributed by atoms with E-state index in [9.17, 15) is 9.90 Å². The van der Waals surface area contributed by atoms with Gasteiger partial charge in [0.05, 0.1) is 5.56 Å². The van der Waals surface area contributed by atoms with Crippen LogP contribution in [-0.4, -0.2) is 10.9 Å². The van der Waals surface area contributed by atoms with Gasteiger partial charge in [0.15, 0.2) is 5.78 Å². The summed E-state index contributed by atoms with van der Waals surface area (Å²) in [4.78, 5) is 12.4. The third-order valence-corrected chi connectivity index (χ3v) is 6.05. The first kappa shape index (κ1) is 18.2. The van der Waals surface area contributed by atoms with Gasteiger partial charge in [0, 0.05) is 11.1 Å². The van der Waals surface area contributed by atoms with Crippen molar-refractivity contribution in [2.24, 2.45) is 0 Å². The first-order valence-corrected chi connectivity index (χ1v) is 9.58. The average Bonchev–Trinajstić information content (AvgIpc) is 2.66. The molecule has 4 aromatic carbocycles. The molecule has 2 heteroatoms. The quantitative estimate of drug-likeness (QED) is 0.312. The number of Topliss-reactive ketones (excluding diaryl/α,β-unsaturated/α-hetero) is 1. The molecule has 0 fully saturated rings. The van der Waals surface area contributed by atoms with Gasteiger partial charge in [-0.2, -0.15) is 0 Å². The summed E-state index contributed by atoms with van der Waals surface area (Å²) in [5, 5.41) is 15.8. The summed E-state index contributed by atoms with van der Waals surface area (Å²) in [5.74, 6) is -0.0189. The fourth-order valence-electron chi connectivity index (χ4n) is 4.44. The summed E-state index contributed by atoms with van der Waals surface area (Å²) in [6, 6.07) is 16.7. The molecule has 0 aromatic heterocycles. The fraction of sp³-hybridized carbons (Fsp3) is 0.192. The van der Waals surface area contributed by atoms with Gasteiger partial charge in [0.25, 0.3) is 0 Å². The molecule has 0 saturated carbocycles. The van der Waals surface area contributed by atoms with Gasteiger partial charge in [-0.3, -0.25) is 4.79 Å². The molecule has 0 aliphatic heterocycles. The maximum Gasteiger partial charge on any atom is 0.163 e. The average molecular weight is 368 g/mol. The predicted molar refractivity (Wildman–Crippen MR) is 118 cm³/mol. The molecule has 1 N–H and O–H groups in total. The third-order valence-electron chi connectivity index (χ3n) is 6.05. The molecule has 0 aliphatic rings. The smallest absolute Gasteiger partial charge is 0.163 e. The number of phenols is 1. The van der Waals surface area contributed by atoms with Gasteiger partial charge in [0.2, 0.25) is 0 Å². The van der Waals surface area contributed by atoms with E-state index in [-0.39, 0.29) is 11.5 Å². The highest BCUT2D eigenvalue weighted by molar-refractivity contribution is 6.16. The SMILES string of the molecule is CC(=O)c1c(C)c(C)c(C)c(-c2c3ccccc3cc3cccc(C)c23)c1O. The van der Waals surface area contributed by atoms with E-state index < -0.39 is 0 Å². The number of fused-ring (bicyclic) bond motifs is 2. The van der Waals surface area contributed by atoms with Crippen LogP contribution < -0.4 is 0 Å². The van der Waals surface area contributed by atoms with Gasteiger partial charge in [0.1, 0.15) is 5.75 Å². The molecule has 4 rings (SSSR count). The van der Waals surface area contributed by atoms with Crippen molar-refractivity contribution in [1.29, 1.82) is 0 Å². The molecule has 28 heavy (non-hydrogen) atoms. The zero-order chi connectivity index (χ0) is 20.2. The van der Waals surface area contributed by atoms with E-state index >= 15 is 0 Å². The molecular weight excluding hydrogens is 344 g/mol.